The lowest BCUT2D eigenvalue weighted by Crippen LogP contribution is -2.20. The molecule has 1 saturated carbocycles. The third-order valence-corrected chi connectivity index (χ3v) is 3.58. The summed E-state index contributed by atoms with van der Waals surface area (Å²) in [4.78, 5) is 8.95. The van der Waals surface area contributed by atoms with Crippen molar-refractivity contribution in [3.8, 4) is 5.88 Å². The van der Waals surface area contributed by atoms with Gasteiger partial charge in [0.05, 0.1) is 0 Å². The molecule has 0 amide bonds. The zero-order valence-electron chi connectivity index (χ0n) is 13.2. The first kappa shape index (κ1) is 16.0. The van der Waals surface area contributed by atoms with Crippen LogP contribution in [0.5, 0.6) is 5.88 Å². The van der Waals surface area contributed by atoms with Gasteiger partial charge < -0.3 is 14.8 Å². The average Bonchev–Trinajstić information content (AvgIpc) is 2.52. The van der Waals surface area contributed by atoms with Gasteiger partial charge in [-0.05, 0) is 39.0 Å². The summed E-state index contributed by atoms with van der Waals surface area (Å²) in [7, 11) is 0. The molecule has 1 aliphatic carbocycles. The van der Waals surface area contributed by atoms with Crippen molar-refractivity contribution in [3.05, 3.63) is 11.9 Å². The van der Waals surface area contributed by atoms with E-state index in [-0.39, 0.29) is 0 Å². The maximum Gasteiger partial charge on any atom is 0.219 e. The molecule has 5 heteroatoms. The summed E-state index contributed by atoms with van der Waals surface area (Å²) in [5, 5.41) is 3.30. The quantitative estimate of drug-likeness (QED) is 0.794. The fourth-order valence-corrected chi connectivity index (χ4v) is 2.49. The molecule has 0 atom stereocenters. The molecule has 0 spiro atoms. The molecule has 1 aromatic rings. The molecule has 1 aromatic heterocycles. The number of anilines is 1. The van der Waals surface area contributed by atoms with Crippen molar-refractivity contribution in [2.75, 3.05) is 18.5 Å². The van der Waals surface area contributed by atoms with Crippen molar-refractivity contribution in [1.82, 2.24) is 9.97 Å². The van der Waals surface area contributed by atoms with Crippen molar-refractivity contribution in [2.24, 2.45) is 0 Å². The Morgan fingerprint density at radius 1 is 1.19 bits per heavy atom. The van der Waals surface area contributed by atoms with Gasteiger partial charge in [0.15, 0.2) is 5.82 Å². The number of nitrogens with zero attached hydrogens (tertiary/aromatic N) is 2. The summed E-state index contributed by atoms with van der Waals surface area (Å²) in [5.74, 6) is 2.18. The standard InChI is InChI=1S/C16H27N3O2/c1-3-10-17-14-11-16(19-15(18-14)12-20-4-2)21-13-8-6-5-7-9-13/h11,13H,3-10,12H2,1-2H3,(H,17,18,19). The van der Waals surface area contributed by atoms with Crippen LogP contribution in [0.15, 0.2) is 6.07 Å². The topological polar surface area (TPSA) is 56.3 Å². The molecule has 1 heterocycles. The van der Waals surface area contributed by atoms with Gasteiger partial charge in [-0.1, -0.05) is 13.3 Å². The molecule has 1 aliphatic rings. The number of aromatic nitrogens is 2. The fraction of sp³-hybridized carbons (Fsp3) is 0.750. The van der Waals surface area contributed by atoms with Crippen molar-refractivity contribution in [3.63, 3.8) is 0 Å². The molecule has 0 aromatic carbocycles. The SMILES string of the molecule is CCCNc1cc(OC2CCCCC2)nc(COCC)n1. The Balaban J connectivity index is 2.05. The summed E-state index contributed by atoms with van der Waals surface area (Å²) in [6.45, 7) is 6.09. The smallest absolute Gasteiger partial charge is 0.219 e. The van der Waals surface area contributed by atoms with Crippen molar-refractivity contribution < 1.29 is 9.47 Å². The highest BCUT2D eigenvalue weighted by Gasteiger charge is 2.16. The van der Waals surface area contributed by atoms with E-state index < -0.39 is 0 Å². The van der Waals surface area contributed by atoms with E-state index in [2.05, 4.69) is 22.2 Å². The van der Waals surface area contributed by atoms with E-state index in [0.29, 0.717) is 31.0 Å². The van der Waals surface area contributed by atoms with E-state index >= 15 is 0 Å². The predicted octanol–water partition coefficient (Wildman–Crippen LogP) is 3.55. The summed E-state index contributed by atoms with van der Waals surface area (Å²) in [6.07, 6.45) is 7.44. The minimum absolute atomic E-state index is 0.299. The number of hydrogen-bond acceptors (Lipinski definition) is 5. The molecule has 1 N–H and O–H groups in total. The zero-order valence-corrected chi connectivity index (χ0v) is 13.2. The minimum Gasteiger partial charge on any atom is -0.474 e. The second kappa shape index (κ2) is 8.82. The van der Waals surface area contributed by atoms with Crippen LogP contribution in [0.3, 0.4) is 0 Å². The lowest BCUT2D eigenvalue weighted by Gasteiger charge is -2.22. The molecule has 21 heavy (non-hydrogen) atoms. The molecular formula is C16H27N3O2. The number of ether oxygens (including phenoxy) is 2. The lowest BCUT2D eigenvalue weighted by molar-refractivity contribution is 0.123. The van der Waals surface area contributed by atoms with Crippen LogP contribution in [0.25, 0.3) is 0 Å². The largest absolute Gasteiger partial charge is 0.474 e. The Labute approximate surface area is 127 Å². The first-order chi connectivity index (χ1) is 10.3. The third kappa shape index (κ3) is 5.50. The van der Waals surface area contributed by atoms with E-state index in [0.717, 1.165) is 31.6 Å². The van der Waals surface area contributed by atoms with E-state index in [1.165, 1.54) is 19.3 Å². The monoisotopic (exact) mass is 293 g/mol. The molecule has 0 aliphatic heterocycles. The van der Waals surface area contributed by atoms with E-state index in [4.69, 9.17) is 9.47 Å². The molecular weight excluding hydrogens is 266 g/mol. The van der Waals surface area contributed by atoms with Gasteiger partial charge in [-0.3, -0.25) is 0 Å². The van der Waals surface area contributed by atoms with E-state index in [1.807, 2.05) is 13.0 Å². The van der Waals surface area contributed by atoms with Crippen LogP contribution < -0.4 is 10.1 Å². The van der Waals surface area contributed by atoms with Crippen LogP contribution in [0.4, 0.5) is 5.82 Å². The molecule has 0 radical (unpaired) electrons. The summed E-state index contributed by atoms with van der Waals surface area (Å²) < 4.78 is 11.5. The zero-order chi connectivity index (χ0) is 14.9. The first-order valence-electron chi connectivity index (χ1n) is 8.18. The average molecular weight is 293 g/mol. The predicted molar refractivity (Wildman–Crippen MR) is 83.6 cm³/mol. The Bertz CT molecular complexity index is 394. The van der Waals surface area contributed by atoms with Gasteiger partial charge in [0.2, 0.25) is 5.88 Å². The molecule has 0 saturated heterocycles. The van der Waals surface area contributed by atoms with Crippen LogP contribution in [0.1, 0.15) is 58.2 Å². The maximum atomic E-state index is 6.05. The highest BCUT2D eigenvalue weighted by atomic mass is 16.5. The van der Waals surface area contributed by atoms with Gasteiger partial charge in [0.1, 0.15) is 18.5 Å². The van der Waals surface area contributed by atoms with E-state index in [1.54, 1.807) is 0 Å². The van der Waals surface area contributed by atoms with Gasteiger partial charge in [-0.25, -0.2) is 4.98 Å². The second-order valence-electron chi connectivity index (χ2n) is 5.45. The normalized spacial score (nSPS) is 15.9. The highest BCUT2D eigenvalue weighted by Crippen LogP contribution is 2.23. The van der Waals surface area contributed by atoms with Gasteiger partial charge in [0, 0.05) is 19.2 Å². The third-order valence-electron chi connectivity index (χ3n) is 3.58. The molecule has 0 bridgehead atoms. The fourth-order valence-electron chi connectivity index (χ4n) is 2.49. The van der Waals surface area contributed by atoms with E-state index in [9.17, 15) is 0 Å². The molecule has 118 valence electrons. The molecule has 2 rings (SSSR count). The Morgan fingerprint density at radius 2 is 2.00 bits per heavy atom. The molecule has 5 nitrogen and oxygen atoms in total. The van der Waals surface area contributed by atoms with Crippen LogP contribution in [-0.2, 0) is 11.3 Å². The summed E-state index contributed by atoms with van der Waals surface area (Å²) in [5.41, 5.74) is 0. The Kier molecular flexibility index (Phi) is 6.73. The van der Waals surface area contributed by atoms with Gasteiger partial charge >= 0.3 is 0 Å². The maximum absolute atomic E-state index is 6.05. The minimum atomic E-state index is 0.299. The first-order valence-corrected chi connectivity index (χ1v) is 8.18. The Morgan fingerprint density at radius 3 is 2.71 bits per heavy atom. The van der Waals surface area contributed by atoms with Crippen LogP contribution in [0, 0.1) is 0 Å². The van der Waals surface area contributed by atoms with Gasteiger partial charge in [-0.2, -0.15) is 4.98 Å². The Hall–Kier alpha value is -1.36. The van der Waals surface area contributed by atoms with Gasteiger partial charge in [0.25, 0.3) is 0 Å². The summed E-state index contributed by atoms with van der Waals surface area (Å²) in [6, 6.07) is 1.90. The highest BCUT2D eigenvalue weighted by molar-refractivity contribution is 5.38. The number of hydrogen-bond donors (Lipinski definition) is 1. The van der Waals surface area contributed by atoms with Crippen LogP contribution >= 0.6 is 0 Å². The molecule has 1 fully saturated rings. The van der Waals surface area contributed by atoms with Crippen LogP contribution in [0.2, 0.25) is 0 Å². The number of nitrogens with one attached hydrogen (secondary N) is 1. The van der Waals surface area contributed by atoms with Crippen molar-refractivity contribution >= 4 is 5.82 Å². The van der Waals surface area contributed by atoms with Crippen LogP contribution in [-0.4, -0.2) is 29.2 Å². The second-order valence-corrected chi connectivity index (χ2v) is 5.45. The van der Waals surface area contributed by atoms with Gasteiger partial charge in [-0.15, -0.1) is 0 Å². The number of rotatable bonds is 8. The van der Waals surface area contributed by atoms with Crippen molar-refractivity contribution in [1.29, 1.82) is 0 Å². The lowest BCUT2D eigenvalue weighted by atomic mass is 9.98. The summed E-state index contributed by atoms with van der Waals surface area (Å²) >= 11 is 0. The van der Waals surface area contributed by atoms with Crippen molar-refractivity contribution in [2.45, 2.75) is 65.1 Å². The molecule has 0 unspecified atom stereocenters.